The number of fused-ring (bicyclic) bond motifs is 10. The van der Waals surface area contributed by atoms with Crippen LogP contribution in [0.5, 0.6) is 0 Å². The van der Waals surface area contributed by atoms with Gasteiger partial charge in [-0.05, 0) is 86.6 Å². The molecule has 0 saturated carbocycles. The monoisotopic (exact) mass is 655 g/mol. The van der Waals surface area contributed by atoms with Crippen molar-refractivity contribution < 1.29 is 0 Å². The Bertz CT molecular complexity index is 2960. The summed E-state index contributed by atoms with van der Waals surface area (Å²) in [5, 5.41) is 4.99. The summed E-state index contributed by atoms with van der Waals surface area (Å²) >= 11 is 0. The summed E-state index contributed by atoms with van der Waals surface area (Å²) in [6, 6.07) is 59.2. The molecule has 1 aliphatic rings. The number of hydrogen-bond acceptors (Lipinski definition) is 2. The van der Waals surface area contributed by atoms with Gasteiger partial charge in [0.2, 0.25) is 5.95 Å². The van der Waals surface area contributed by atoms with Crippen LogP contribution >= 0.6 is 0 Å². The molecule has 7 aromatic carbocycles. The highest BCUT2D eigenvalue weighted by Crippen LogP contribution is 2.50. The van der Waals surface area contributed by atoms with Gasteiger partial charge >= 0.3 is 0 Å². The van der Waals surface area contributed by atoms with Gasteiger partial charge in [0, 0.05) is 44.2 Å². The van der Waals surface area contributed by atoms with Crippen LogP contribution in [0.1, 0.15) is 19.4 Å². The number of anilines is 3. The molecular formula is C46H33N5. The zero-order chi connectivity index (χ0) is 33.8. The van der Waals surface area contributed by atoms with Gasteiger partial charge in [-0.2, -0.15) is 0 Å². The van der Waals surface area contributed by atoms with Crippen molar-refractivity contribution >= 4 is 72.0 Å². The van der Waals surface area contributed by atoms with Gasteiger partial charge in [-0.15, -0.1) is 0 Å². The minimum absolute atomic E-state index is 0.331. The lowest BCUT2D eigenvalue weighted by Crippen LogP contribution is -2.36. The van der Waals surface area contributed by atoms with Gasteiger partial charge in [-0.3, -0.25) is 9.47 Å². The van der Waals surface area contributed by atoms with E-state index >= 15 is 0 Å². The van der Waals surface area contributed by atoms with E-state index in [2.05, 4.69) is 196 Å². The number of hydrogen-bond donors (Lipinski definition) is 0. The standard InChI is InChI=1S/C46H33N5/c1-46(2)37-26-24-32(29-44(37)50(30-14-4-3-5-15-30)45-47-38-19-9-13-23-43(38)51(45)46)49-41-22-12-8-18-35(41)36-28-31(25-27-42(36)49)48-39-20-10-6-16-33(39)34-17-7-11-21-40(34)48/h3-29H,1-2H3. The summed E-state index contributed by atoms with van der Waals surface area (Å²) in [6.45, 7) is 4.62. The molecule has 0 aliphatic carbocycles. The molecule has 5 nitrogen and oxygen atoms in total. The molecule has 4 heterocycles. The SMILES string of the molecule is CC1(C)c2ccc(-n3c4ccccc4c4cc(-n5c6ccccc6c6ccccc65)ccc43)cc2N(c2ccccc2)c2nc3ccccc3n21. The van der Waals surface area contributed by atoms with Gasteiger partial charge in [-0.25, -0.2) is 4.98 Å². The molecule has 0 spiro atoms. The van der Waals surface area contributed by atoms with Crippen LogP contribution < -0.4 is 4.90 Å². The molecule has 0 saturated heterocycles. The van der Waals surface area contributed by atoms with E-state index in [9.17, 15) is 0 Å². The second-order valence-corrected chi connectivity index (χ2v) is 14.1. The zero-order valence-corrected chi connectivity index (χ0v) is 28.3. The Labute approximate surface area is 294 Å². The predicted octanol–water partition coefficient (Wildman–Crippen LogP) is 11.8. The Morgan fingerprint density at radius 1 is 0.431 bits per heavy atom. The highest BCUT2D eigenvalue weighted by atomic mass is 15.4. The number of imidazole rings is 1. The molecule has 0 bridgehead atoms. The summed E-state index contributed by atoms with van der Waals surface area (Å²) < 4.78 is 7.23. The fraction of sp³-hybridized carbons (Fsp3) is 0.0652. The Morgan fingerprint density at radius 2 is 0.941 bits per heavy atom. The van der Waals surface area contributed by atoms with Gasteiger partial charge in [0.1, 0.15) is 0 Å². The number of rotatable bonds is 3. The van der Waals surface area contributed by atoms with Crippen LogP contribution in [0.25, 0.3) is 66.0 Å². The van der Waals surface area contributed by atoms with E-state index in [1.165, 1.54) is 49.2 Å². The van der Waals surface area contributed by atoms with Gasteiger partial charge in [0.05, 0.1) is 44.3 Å². The second-order valence-electron chi connectivity index (χ2n) is 14.1. The highest BCUT2D eigenvalue weighted by molar-refractivity contribution is 6.12. The van der Waals surface area contributed by atoms with Gasteiger partial charge in [0.25, 0.3) is 0 Å². The first-order valence-electron chi connectivity index (χ1n) is 17.6. The van der Waals surface area contributed by atoms with Crippen LogP contribution in [0.4, 0.5) is 17.3 Å². The van der Waals surface area contributed by atoms with E-state index < -0.39 is 0 Å². The number of benzene rings is 7. The zero-order valence-electron chi connectivity index (χ0n) is 28.3. The average molecular weight is 656 g/mol. The van der Waals surface area contributed by atoms with Crippen molar-refractivity contribution in [2.75, 3.05) is 4.90 Å². The number of para-hydroxylation sites is 6. The van der Waals surface area contributed by atoms with Gasteiger partial charge in [0.15, 0.2) is 0 Å². The van der Waals surface area contributed by atoms with Crippen molar-refractivity contribution in [3.8, 4) is 11.4 Å². The molecular weight excluding hydrogens is 623 g/mol. The van der Waals surface area contributed by atoms with Crippen LogP contribution in [0, 0.1) is 0 Å². The average Bonchev–Trinajstić information content (AvgIpc) is 3.83. The summed E-state index contributed by atoms with van der Waals surface area (Å²) in [4.78, 5) is 7.59. The predicted molar refractivity (Wildman–Crippen MR) is 212 cm³/mol. The van der Waals surface area contributed by atoms with Crippen molar-refractivity contribution in [2.45, 2.75) is 19.4 Å². The molecule has 11 rings (SSSR count). The van der Waals surface area contributed by atoms with Crippen molar-refractivity contribution in [2.24, 2.45) is 0 Å². The highest BCUT2D eigenvalue weighted by Gasteiger charge is 2.39. The Hall–Kier alpha value is -6.59. The second kappa shape index (κ2) is 10.2. The Balaban J connectivity index is 1.16. The summed E-state index contributed by atoms with van der Waals surface area (Å²) in [7, 11) is 0. The van der Waals surface area contributed by atoms with Crippen molar-refractivity contribution in [1.82, 2.24) is 18.7 Å². The lowest BCUT2D eigenvalue weighted by Gasteiger charge is -2.41. The third kappa shape index (κ3) is 3.83. The van der Waals surface area contributed by atoms with E-state index in [-0.39, 0.29) is 5.54 Å². The van der Waals surface area contributed by atoms with Crippen molar-refractivity contribution in [1.29, 1.82) is 0 Å². The summed E-state index contributed by atoms with van der Waals surface area (Å²) in [5.74, 6) is 0.926. The van der Waals surface area contributed by atoms with Crippen molar-refractivity contribution in [3.63, 3.8) is 0 Å². The lowest BCUT2D eigenvalue weighted by atomic mass is 9.89. The molecule has 5 heteroatoms. The van der Waals surface area contributed by atoms with Crippen molar-refractivity contribution in [3.05, 3.63) is 169 Å². The fourth-order valence-corrected chi connectivity index (χ4v) is 8.71. The minimum atomic E-state index is -0.331. The largest absolute Gasteiger partial charge is 0.309 e. The number of aromatic nitrogens is 4. The van der Waals surface area contributed by atoms with Crippen LogP contribution in [-0.4, -0.2) is 18.7 Å². The van der Waals surface area contributed by atoms with E-state index in [0.29, 0.717) is 0 Å². The molecule has 51 heavy (non-hydrogen) atoms. The molecule has 0 radical (unpaired) electrons. The normalized spacial score (nSPS) is 13.8. The first-order chi connectivity index (χ1) is 25.1. The fourth-order valence-electron chi connectivity index (χ4n) is 8.71. The third-order valence-electron chi connectivity index (χ3n) is 11.0. The molecule has 0 atom stereocenters. The molecule has 0 N–H and O–H groups in total. The quantitative estimate of drug-likeness (QED) is 0.190. The smallest absolute Gasteiger partial charge is 0.216 e. The molecule has 0 amide bonds. The van der Waals surface area contributed by atoms with E-state index in [0.717, 1.165) is 39.7 Å². The maximum atomic E-state index is 5.25. The molecule has 242 valence electrons. The minimum Gasteiger partial charge on any atom is -0.309 e. The lowest BCUT2D eigenvalue weighted by molar-refractivity contribution is 0.442. The molecule has 3 aromatic heterocycles. The molecule has 0 fully saturated rings. The molecule has 1 aliphatic heterocycles. The maximum absolute atomic E-state index is 5.25. The van der Waals surface area contributed by atoms with E-state index in [1.54, 1.807) is 0 Å². The van der Waals surface area contributed by atoms with Gasteiger partial charge < -0.3 is 9.13 Å². The Kier molecular flexibility index (Phi) is 5.66. The third-order valence-corrected chi connectivity index (χ3v) is 11.0. The number of nitrogens with zero attached hydrogens (tertiary/aromatic N) is 5. The van der Waals surface area contributed by atoms with Crippen LogP contribution in [0.2, 0.25) is 0 Å². The first kappa shape index (κ1) is 28.3. The van der Waals surface area contributed by atoms with Crippen LogP contribution in [0.3, 0.4) is 0 Å². The van der Waals surface area contributed by atoms with Gasteiger partial charge in [-0.1, -0.05) is 91.0 Å². The van der Waals surface area contributed by atoms with Crippen LogP contribution in [-0.2, 0) is 5.54 Å². The molecule has 10 aromatic rings. The Morgan fingerprint density at radius 3 is 1.61 bits per heavy atom. The van der Waals surface area contributed by atoms with E-state index in [1.807, 2.05) is 0 Å². The first-order valence-corrected chi connectivity index (χ1v) is 17.6. The summed E-state index contributed by atoms with van der Waals surface area (Å²) in [6.07, 6.45) is 0. The summed E-state index contributed by atoms with van der Waals surface area (Å²) in [5.41, 5.74) is 12.3. The van der Waals surface area contributed by atoms with Crippen LogP contribution in [0.15, 0.2) is 164 Å². The maximum Gasteiger partial charge on any atom is 0.216 e. The molecule has 0 unspecified atom stereocenters. The van der Waals surface area contributed by atoms with E-state index in [4.69, 9.17) is 4.98 Å². The topological polar surface area (TPSA) is 30.9 Å².